The van der Waals surface area contributed by atoms with Crippen molar-refractivity contribution >= 4 is 5.78 Å². The molecule has 2 aromatic rings. The standard InChI is InChI=1S/C13H19N5O2/c1-3-4-14-10-7-20-6-9(10)12-16-13-15-8(2)5-11(19)18(13)17-12/h5,9-10,14H,3-4,6-7H2,1-2H3,(H,15,16,17). The van der Waals surface area contributed by atoms with E-state index < -0.39 is 0 Å². The maximum atomic E-state index is 11.9. The lowest BCUT2D eigenvalue weighted by molar-refractivity contribution is 0.187. The number of hydrogen-bond acceptors (Lipinski definition) is 5. The molecule has 2 atom stereocenters. The van der Waals surface area contributed by atoms with Gasteiger partial charge in [0.25, 0.3) is 11.3 Å². The first-order chi connectivity index (χ1) is 9.69. The largest absolute Gasteiger partial charge is 0.379 e. The number of aryl methyl sites for hydroxylation is 1. The molecule has 2 unspecified atom stereocenters. The zero-order chi connectivity index (χ0) is 14.1. The van der Waals surface area contributed by atoms with E-state index in [1.54, 1.807) is 6.92 Å². The van der Waals surface area contributed by atoms with Gasteiger partial charge in [-0.2, -0.15) is 9.50 Å². The van der Waals surface area contributed by atoms with E-state index in [0.717, 1.165) is 18.8 Å². The first-order valence-electron chi connectivity index (χ1n) is 6.96. The van der Waals surface area contributed by atoms with Gasteiger partial charge in [0.05, 0.1) is 19.1 Å². The second-order valence-electron chi connectivity index (χ2n) is 5.18. The molecule has 20 heavy (non-hydrogen) atoms. The molecule has 3 heterocycles. The molecule has 2 N–H and O–H groups in total. The van der Waals surface area contributed by atoms with Crippen LogP contribution in [0, 0.1) is 6.92 Å². The molecular formula is C13H19N5O2. The number of fused-ring (bicyclic) bond motifs is 1. The van der Waals surface area contributed by atoms with Crippen molar-refractivity contribution in [1.82, 2.24) is 24.9 Å². The Balaban J connectivity index is 1.93. The number of ether oxygens (including phenoxy) is 1. The van der Waals surface area contributed by atoms with Gasteiger partial charge in [0, 0.05) is 17.8 Å². The molecule has 3 rings (SSSR count). The molecule has 1 aliphatic heterocycles. The van der Waals surface area contributed by atoms with Crippen molar-refractivity contribution in [2.45, 2.75) is 32.2 Å². The predicted octanol–water partition coefficient (Wildman–Crippen LogP) is 0.208. The Labute approximate surface area is 116 Å². The van der Waals surface area contributed by atoms with Gasteiger partial charge < -0.3 is 10.1 Å². The molecule has 0 aliphatic carbocycles. The van der Waals surface area contributed by atoms with Gasteiger partial charge >= 0.3 is 0 Å². The van der Waals surface area contributed by atoms with Crippen LogP contribution in [-0.2, 0) is 4.74 Å². The van der Waals surface area contributed by atoms with Crippen LogP contribution in [0.25, 0.3) is 5.78 Å². The average Bonchev–Trinajstić information content (AvgIpc) is 3.01. The number of rotatable bonds is 4. The Morgan fingerprint density at radius 2 is 2.35 bits per heavy atom. The third-order valence-electron chi connectivity index (χ3n) is 3.56. The number of aromatic nitrogens is 4. The minimum absolute atomic E-state index is 0.128. The normalized spacial score (nSPS) is 22.7. The number of nitrogens with one attached hydrogen (secondary N) is 2. The highest BCUT2D eigenvalue weighted by Gasteiger charge is 2.31. The molecule has 0 bridgehead atoms. The highest BCUT2D eigenvalue weighted by Crippen LogP contribution is 2.23. The third-order valence-corrected chi connectivity index (χ3v) is 3.56. The second kappa shape index (κ2) is 5.34. The Bertz CT molecular complexity index is 662. The lowest BCUT2D eigenvalue weighted by Gasteiger charge is -2.16. The van der Waals surface area contributed by atoms with Crippen LogP contribution in [0.4, 0.5) is 0 Å². The smallest absolute Gasteiger partial charge is 0.274 e. The summed E-state index contributed by atoms with van der Waals surface area (Å²) in [5.74, 6) is 1.31. The molecule has 1 saturated heterocycles. The lowest BCUT2D eigenvalue weighted by Crippen LogP contribution is -2.35. The number of aromatic amines is 1. The molecule has 7 nitrogen and oxygen atoms in total. The van der Waals surface area contributed by atoms with Gasteiger partial charge in [-0.15, -0.1) is 0 Å². The van der Waals surface area contributed by atoms with Gasteiger partial charge in [-0.1, -0.05) is 6.92 Å². The fourth-order valence-corrected chi connectivity index (χ4v) is 2.53. The van der Waals surface area contributed by atoms with Crippen molar-refractivity contribution in [3.63, 3.8) is 0 Å². The van der Waals surface area contributed by atoms with E-state index in [0.29, 0.717) is 24.7 Å². The van der Waals surface area contributed by atoms with Crippen LogP contribution >= 0.6 is 0 Å². The molecule has 7 heteroatoms. The van der Waals surface area contributed by atoms with Crippen LogP contribution in [0.5, 0.6) is 0 Å². The summed E-state index contributed by atoms with van der Waals surface area (Å²) in [4.78, 5) is 20.6. The minimum Gasteiger partial charge on any atom is -0.379 e. The maximum Gasteiger partial charge on any atom is 0.274 e. The summed E-state index contributed by atoms with van der Waals surface area (Å²) >= 11 is 0. The highest BCUT2D eigenvalue weighted by atomic mass is 16.5. The fraction of sp³-hybridized carbons (Fsp3) is 0.615. The van der Waals surface area contributed by atoms with Crippen molar-refractivity contribution < 1.29 is 4.74 Å². The topological polar surface area (TPSA) is 84.3 Å². The zero-order valence-corrected chi connectivity index (χ0v) is 11.7. The molecular weight excluding hydrogens is 258 g/mol. The summed E-state index contributed by atoms with van der Waals surface area (Å²) in [5.41, 5.74) is 0.541. The molecule has 108 valence electrons. The maximum absolute atomic E-state index is 11.9. The Morgan fingerprint density at radius 3 is 3.15 bits per heavy atom. The van der Waals surface area contributed by atoms with Crippen molar-refractivity contribution in [3.8, 4) is 0 Å². The van der Waals surface area contributed by atoms with Crippen LogP contribution < -0.4 is 10.9 Å². The quantitative estimate of drug-likeness (QED) is 0.834. The molecule has 1 aliphatic rings. The van der Waals surface area contributed by atoms with E-state index in [4.69, 9.17) is 4.74 Å². The molecule has 0 spiro atoms. The zero-order valence-electron chi connectivity index (χ0n) is 11.7. The number of nitrogens with zero attached hydrogens (tertiary/aromatic N) is 3. The van der Waals surface area contributed by atoms with Gasteiger partial charge in [0.15, 0.2) is 0 Å². The molecule has 0 saturated carbocycles. The Morgan fingerprint density at radius 1 is 1.50 bits per heavy atom. The number of hydrogen-bond donors (Lipinski definition) is 2. The summed E-state index contributed by atoms with van der Waals surface area (Å²) < 4.78 is 6.93. The SMILES string of the molecule is CCCNC1COCC1c1nc2nc(C)cc(=O)n2[nH]1. The van der Waals surface area contributed by atoms with E-state index in [1.165, 1.54) is 10.6 Å². The fourth-order valence-electron chi connectivity index (χ4n) is 2.53. The first-order valence-corrected chi connectivity index (χ1v) is 6.96. The first kappa shape index (κ1) is 13.3. The molecule has 0 aromatic carbocycles. The van der Waals surface area contributed by atoms with Gasteiger partial charge in [0.2, 0.25) is 0 Å². The average molecular weight is 277 g/mol. The van der Waals surface area contributed by atoms with E-state index >= 15 is 0 Å². The Kier molecular flexibility index (Phi) is 3.54. The van der Waals surface area contributed by atoms with Crippen LogP contribution in [0.3, 0.4) is 0 Å². The van der Waals surface area contributed by atoms with Crippen molar-refractivity contribution in [1.29, 1.82) is 0 Å². The third kappa shape index (κ3) is 2.34. The van der Waals surface area contributed by atoms with E-state index in [-0.39, 0.29) is 17.5 Å². The van der Waals surface area contributed by atoms with Crippen LogP contribution in [0.15, 0.2) is 10.9 Å². The van der Waals surface area contributed by atoms with Gasteiger partial charge in [-0.05, 0) is 19.9 Å². The predicted molar refractivity (Wildman–Crippen MR) is 74.0 cm³/mol. The number of H-pyrrole nitrogens is 1. The van der Waals surface area contributed by atoms with Crippen LogP contribution in [-0.4, -0.2) is 45.4 Å². The van der Waals surface area contributed by atoms with Gasteiger partial charge in [-0.3, -0.25) is 9.89 Å². The second-order valence-corrected chi connectivity index (χ2v) is 5.18. The summed E-state index contributed by atoms with van der Waals surface area (Å²) in [7, 11) is 0. The minimum atomic E-state index is -0.136. The summed E-state index contributed by atoms with van der Waals surface area (Å²) in [6.07, 6.45) is 1.07. The molecule has 0 amide bonds. The van der Waals surface area contributed by atoms with E-state index in [1.807, 2.05) is 0 Å². The monoisotopic (exact) mass is 277 g/mol. The van der Waals surface area contributed by atoms with E-state index in [2.05, 4.69) is 27.3 Å². The molecule has 0 radical (unpaired) electrons. The molecule has 1 fully saturated rings. The Hall–Kier alpha value is -1.73. The van der Waals surface area contributed by atoms with Crippen molar-refractivity contribution in [3.05, 3.63) is 27.9 Å². The van der Waals surface area contributed by atoms with Crippen molar-refractivity contribution in [2.24, 2.45) is 0 Å². The summed E-state index contributed by atoms with van der Waals surface area (Å²) in [6, 6.07) is 1.72. The lowest BCUT2D eigenvalue weighted by atomic mass is 10.0. The molecule has 2 aromatic heterocycles. The van der Waals surface area contributed by atoms with Gasteiger partial charge in [-0.25, -0.2) is 4.98 Å². The highest BCUT2D eigenvalue weighted by molar-refractivity contribution is 5.29. The van der Waals surface area contributed by atoms with Crippen LogP contribution in [0.1, 0.15) is 30.8 Å². The van der Waals surface area contributed by atoms with Gasteiger partial charge in [0.1, 0.15) is 5.82 Å². The summed E-state index contributed by atoms with van der Waals surface area (Å²) in [5, 5.41) is 6.51. The van der Waals surface area contributed by atoms with Crippen LogP contribution in [0.2, 0.25) is 0 Å². The van der Waals surface area contributed by atoms with Crippen molar-refractivity contribution in [2.75, 3.05) is 19.8 Å². The summed E-state index contributed by atoms with van der Waals surface area (Å²) in [6.45, 7) is 6.14. The van der Waals surface area contributed by atoms with E-state index in [9.17, 15) is 4.79 Å².